The van der Waals surface area contributed by atoms with Gasteiger partial charge >= 0.3 is 0 Å². The summed E-state index contributed by atoms with van der Waals surface area (Å²) in [4.78, 5) is 0. The predicted octanol–water partition coefficient (Wildman–Crippen LogP) is 2.35. The summed E-state index contributed by atoms with van der Waals surface area (Å²) in [6.07, 6.45) is 3.26. The van der Waals surface area contributed by atoms with Crippen molar-refractivity contribution in [3.05, 3.63) is 0 Å². The van der Waals surface area contributed by atoms with E-state index in [1.54, 1.807) is 0 Å². The minimum Gasteiger partial charge on any atom is -0.390 e. The Morgan fingerprint density at radius 3 is 2.25 bits per heavy atom. The highest BCUT2D eigenvalue weighted by molar-refractivity contribution is 4.64. The summed E-state index contributed by atoms with van der Waals surface area (Å²) in [5.41, 5.74) is -0.516. The molecule has 0 aliphatic rings. The smallest absolute Gasteiger partial charge is 0.0591 e. The highest BCUT2D eigenvalue weighted by atomic mass is 16.5. The molecular weight excluding hydrogens is 152 g/mol. The summed E-state index contributed by atoms with van der Waals surface area (Å²) in [6, 6.07) is 0. The first-order valence-corrected chi connectivity index (χ1v) is 4.76. The lowest BCUT2D eigenvalue weighted by Crippen LogP contribution is -2.18. The maximum absolute atomic E-state index is 9.39. The Kier molecular flexibility index (Phi) is 5.51. The van der Waals surface area contributed by atoms with Gasteiger partial charge in [-0.2, -0.15) is 0 Å². The van der Waals surface area contributed by atoms with Crippen molar-refractivity contribution in [2.45, 2.75) is 58.7 Å². The minimum atomic E-state index is -0.516. The fraction of sp³-hybridized carbons (Fsp3) is 1.00. The second-order valence-corrected chi connectivity index (χ2v) is 4.19. The standard InChI is InChI=1S/C10H22O2/c1-9(2)12-8-6-5-7-10(3,4)11/h9,11H,5-8H2,1-4H3. The molecule has 12 heavy (non-hydrogen) atoms. The van der Waals surface area contributed by atoms with Gasteiger partial charge < -0.3 is 9.84 Å². The lowest BCUT2D eigenvalue weighted by Gasteiger charge is -2.16. The van der Waals surface area contributed by atoms with Crippen LogP contribution < -0.4 is 0 Å². The van der Waals surface area contributed by atoms with Crippen LogP contribution in [0.1, 0.15) is 47.0 Å². The van der Waals surface area contributed by atoms with Crippen molar-refractivity contribution < 1.29 is 9.84 Å². The van der Waals surface area contributed by atoms with E-state index in [9.17, 15) is 5.11 Å². The van der Waals surface area contributed by atoms with Crippen molar-refractivity contribution in [2.75, 3.05) is 6.61 Å². The van der Waals surface area contributed by atoms with E-state index in [-0.39, 0.29) is 0 Å². The SMILES string of the molecule is CC(C)OCCCCC(C)(C)O. The van der Waals surface area contributed by atoms with Crippen LogP contribution in [0.5, 0.6) is 0 Å². The number of hydrogen-bond donors (Lipinski definition) is 1. The average Bonchev–Trinajstić information content (AvgIpc) is 1.83. The predicted molar refractivity (Wildman–Crippen MR) is 51.2 cm³/mol. The van der Waals surface area contributed by atoms with Crippen LogP contribution in [0.15, 0.2) is 0 Å². The van der Waals surface area contributed by atoms with Crippen LogP contribution in [0, 0.1) is 0 Å². The number of ether oxygens (including phenoxy) is 1. The van der Waals surface area contributed by atoms with Gasteiger partial charge in [0.15, 0.2) is 0 Å². The maximum Gasteiger partial charge on any atom is 0.0591 e. The molecule has 0 spiro atoms. The molecule has 0 saturated heterocycles. The third-order valence-electron chi connectivity index (χ3n) is 1.63. The average molecular weight is 174 g/mol. The minimum absolute atomic E-state index is 0.326. The summed E-state index contributed by atoms with van der Waals surface area (Å²) in [5.74, 6) is 0. The van der Waals surface area contributed by atoms with Gasteiger partial charge in [0.05, 0.1) is 11.7 Å². The van der Waals surface area contributed by atoms with Gasteiger partial charge in [-0.25, -0.2) is 0 Å². The lowest BCUT2D eigenvalue weighted by atomic mass is 10.0. The first-order chi connectivity index (χ1) is 5.42. The highest BCUT2D eigenvalue weighted by Crippen LogP contribution is 2.11. The van der Waals surface area contributed by atoms with Gasteiger partial charge in [-0.05, 0) is 47.0 Å². The topological polar surface area (TPSA) is 29.5 Å². The second-order valence-electron chi connectivity index (χ2n) is 4.19. The molecule has 0 aromatic rings. The third-order valence-corrected chi connectivity index (χ3v) is 1.63. The summed E-state index contributed by atoms with van der Waals surface area (Å²) >= 11 is 0. The zero-order chi connectivity index (χ0) is 9.61. The summed E-state index contributed by atoms with van der Waals surface area (Å²) in [7, 11) is 0. The molecule has 0 aliphatic carbocycles. The number of hydrogen-bond acceptors (Lipinski definition) is 2. The Labute approximate surface area is 75.9 Å². The molecule has 0 rings (SSSR count). The number of unbranched alkanes of at least 4 members (excludes halogenated alkanes) is 1. The molecule has 0 bridgehead atoms. The van der Waals surface area contributed by atoms with Gasteiger partial charge in [-0.15, -0.1) is 0 Å². The van der Waals surface area contributed by atoms with Crippen LogP contribution in [-0.4, -0.2) is 23.4 Å². The second kappa shape index (κ2) is 5.55. The fourth-order valence-electron chi connectivity index (χ4n) is 0.979. The summed E-state index contributed by atoms with van der Waals surface area (Å²) in [6.45, 7) is 8.58. The molecule has 2 heteroatoms. The first kappa shape index (κ1) is 11.9. The van der Waals surface area contributed by atoms with Crippen LogP contribution in [0.2, 0.25) is 0 Å². The zero-order valence-corrected chi connectivity index (χ0v) is 8.76. The van der Waals surface area contributed by atoms with E-state index < -0.39 is 5.60 Å². The molecule has 0 aromatic heterocycles. The molecule has 1 N–H and O–H groups in total. The van der Waals surface area contributed by atoms with Gasteiger partial charge in [-0.1, -0.05) is 0 Å². The molecule has 0 atom stereocenters. The number of rotatable bonds is 6. The Balaban J connectivity index is 3.12. The monoisotopic (exact) mass is 174 g/mol. The quantitative estimate of drug-likeness (QED) is 0.626. The zero-order valence-electron chi connectivity index (χ0n) is 8.76. The summed E-state index contributed by atoms with van der Waals surface area (Å²) < 4.78 is 5.37. The van der Waals surface area contributed by atoms with Gasteiger partial charge in [0.25, 0.3) is 0 Å². The Bertz CT molecular complexity index is 103. The van der Waals surface area contributed by atoms with Crippen molar-refractivity contribution in [3.63, 3.8) is 0 Å². The van der Waals surface area contributed by atoms with E-state index in [1.807, 2.05) is 27.7 Å². The molecule has 0 aliphatic heterocycles. The maximum atomic E-state index is 9.39. The van der Waals surface area contributed by atoms with E-state index >= 15 is 0 Å². The molecule has 0 saturated carbocycles. The lowest BCUT2D eigenvalue weighted by molar-refractivity contribution is 0.0533. The van der Waals surface area contributed by atoms with Crippen LogP contribution in [0.25, 0.3) is 0 Å². The van der Waals surface area contributed by atoms with Crippen molar-refractivity contribution in [1.82, 2.24) is 0 Å². The van der Waals surface area contributed by atoms with Crippen LogP contribution in [-0.2, 0) is 4.74 Å². The molecule has 0 unspecified atom stereocenters. The Hall–Kier alpha value is -0.0800. The van der Waals surface area contributed by atoms with Crippen molar-refractivity contribution >= 4 is 0 Å². The van der Waals surface area contributed by atoms with Crippen molar-refractivity contribution in [2.24, 2.45) is 0 Å². The molecule has 2 nitrogen and oxygen atoms in total. The molecule has 74 valence electrons. The van der Waals surface area contributed by atoms with E-state index in [1.165, 1.54) is 0 Å². The molecule has 0 fully saturated rings. The fourth-order valence-corrected chi connectivity index (χ4v) is 0.979. The molecule has 0 amide bonds. The number of aliphatic hydroxyl groups is 1. The summed E-state index contributed by atoms with van der Waals surface area (Å²) in [5, 5.41) is 9.39. The Morgan fingerprint density at radius 2 is 1.83 bits per heavy atom. The van der Waals surface area contributed by atoms with E-state index in [2.05, 4.69) is 0 Å². The van der Waals surface area contributed by atoms with Crippen molar-refractivity contribution in [3.8, 4) is 0 Å². The molecule has 0 aromatic carbocycles. The van der Waals surface area contributed by atoms with Gasteiger partial charge in [0.1, 0.15) is 0 Å². The molecule has 0 radical (unpaired) electrons. The van der Waals surface area contributed by atoms with E-state index in [0.717, 1.165) is 25.9 Å². The van der Waals surface area contributed by atoms with Crippen LogP contribution in [0.3, 0.4) is 0 Å². The highest BCUT2D eigenvalue weighted by Gasteiger charge is 2.10. The Morgan fingerprint density at radius 1 is 1.25 bits per heavy atom. The van der Waals surface area contributed by atoms with Crippen molar-refractivity contribution in [1.29, 1.82) is 0 Å². The molecular formula is C10H22O2. The van der Waals surface area contributed by atoms with Crippen LogP contribution >= 0.6 is 0 Å². The molecule has 0 heterocycles. The van der Waals surface area contributed by atoms with Gasteiger partial charge in [0.2, 0.25) is 0 Å². The van der Waals surface area contributed by atoms with E-state index in [4.69, 9.17) is 4.74 Å². The first-order valence-electron chi connectivity index (χ1n) is 4.76. The van der Waals surface area contributed by atoms with Gasteiger partial charge in [-0.3, -0.25) is 0 Å². The van der Waals surface area contributed by atoms with Gasteiger partial charge in [0, 0.05) is 6.61 Å². The normalized spacial score (nSPS) is 12.5. The largest absolute Gasteiger partial charge is 0.390 e. The third kappa shape index (κ3) is 9.92. The van der Waals surface area contributed by atoms with E-state index in [0.29, 0.717) is 6.10 Å². The van der Waals surface area contributed by atoms with Crippen LogP contribution in [0.4, 0.5) is 0 Å².